The summed E-state index contributed by atoms with van der Waals surface area (Å²) in [6.45, 7) is 1.17. The highest BCUT2D eigenvalue weighted by Crippen LogP contribution is 2.30. The van der Waals surface area contributed by atoms with Gasteiger partial charge in [0.1, 0.15) is 5.82 Å². The van der Waals surface area contributed by atoms with E-state index in [1.165, 1.54) is 6.20 Å². The normalized spacial score (nSPS) is 10.6. The molecule has 0 saturated heterocycles. The van der Waals surface area contributed by atoms with Crippen molar-refractivity contribution in [3.05, 3.63) is 51.4 Å². The van der Waals surface area contributed by atoms with Crippen molar-refractivity contribution in [1.29, 1.82) is 0 Å². The molecule has 1 heterocycles. The lowest BCUT2D eigenvalue weighted by atomic mass is 10.1. The lowest BCUT2D eigenvalue weighted by Gasteiger charge is -2.14. The van der Waals surface area contributed by atoms with Crippen LogP contribution >= 0.6 is 15.9 Å². The van der Waals surface area contributed by atoms with Crippen LogP contribution in [-0.4, -0.2) is 29.2 Å². The molecule has 0 saturated carbocycles. The Morgan fingerprint density at radius 2 is 2.04 bits per heavy atom. The van der Waals surface area contributed by atoms with Crippen LogP contribution in [0.1, 0.15) is 15.9 Å². The van der Waals surface area contributed by atoms with E-state index < -0.39 is 34.6 Å². The van der Waals surface area contributed by atoms with E-state index in [1.54, 1.807) is 13.0 Å². The zero-order valence-electron chi connectivity index (χ0n) is 12.9. The fraction of sp³-hybridized carbons (Fsp3) is 0.200. The van der Waals surface area contributed by atoms with Crippen LogP contribution in [0.25, 0.3) is 0 Å². The number of nitrogens with one attached hydrogen (secondary N) is 2. The fourth-order valence-electron chi connectivity index (χ4n) is 1.86. The van der Waals surface area contributed by atoms with Crippen LogP contribution in [0.3, 0.4) is 0 Å². The number of pyridine rings is 1. The van der Waals surface area contributed by atoms with E-state index in [0.29, 0.717) is 10.5 Å². The quantitative estimate of drug-likeness (QED) is 0.380. The summed E-state index contributed by atoms with van der Waals surface area (Å²) in [5, 5.41) is 11.1. The summed E-state index contributed by atoms with van der Waals surface area (Å²) < 4.78 is 41.7. The number of amides is 1. The van der Waals surface area contributed by atoms with Gasteiger partial charge in [0, 0.05) is 6.20 Å². The number of aliphatic hydroxyl groups excluding tert-OH is 1. The smallest absolute Gasteiger partial charge is 0.277 e. The van der Waals surface area contributed by atoms with Crippen LogP contribution in [0.4, 0.5) is 24.7 Å². The Labute approximate surface area is 149 Å². The minimum atomic E-state index is -1.74. The van der Waals surface area contributed by atoms with Crippen LogP contribution in [0.2, 0.25) is 0 Å². The Kier molecular flexibility index (Phi) is 6.34. The van der Waals surface area contributed by atoms with E-state index in [4.69, 9.17) is 5.11 Å². The Hall–Kier alpha value is -2.17. The summed E-state index contributed by atoms with van der Waals surface area (Å²) >= 11 is 3.21. The minimum absolute atomic E-state index is 0.0980. The molecule has 3 N–H and O–H groups in total. The van der Waals surface area contributed by atoms with Gasteiger partial charge in [0.05, 0.1) is 28.9 Å². The van der Waals surface area contributed by atoms with E-state index in [2.05, 4.69) is 31.1 Å². The number of hydrogen-bond acceptors (Lipinski definition) is 5. The number of aliphatic hydroxyl groups is 1. The molecule has 0 atom stereocenters. The summed E-state index contributed by atoms with van der Waals surface area (Å²) in [6.07, 6.45) is 1.47. The van der Waals surface area contributed by atoms with Gasteiger partial charge in [0.2, 0.25) is 0 Å². The molecule has 0 aliphatic heterocycles. The second-order valence-electron chi connectivity index (χ2n) is 4.88. The Morgan fingerprint density at radius 1 is 1.32 bits per heavy atom. The van der Waals surface area contributed by atoms with Gasteiger partial charge in [-0.05, 0) is 40.5 Å². The fourth-order valence-corrected chi connectivity index (χ4v) is 2.42. The average Bonchev–Trinajstić information content (AvgIpc) is 2.57. The molecule has 25 heavy (non-hydrogen) atoms. The van der Waals surface area contributed by atoms with Gasteiger partial charge in [-0.25, -0.2) is 23.6 Å². The number of hydrogen-bond donors (Lipinski definition) is 3. The van der Waals surface area contributed by atoms with Crippen LogP contribution in [0.15, 0.2) is 22.8 Å². The molecular formula is C15H13BrF3N3O3. The minimum Gasteiger partial charge on any atom is -0.394 e. The van der Waals surface area contributed by atoms with Crippen LogP contribution in [-0.2, 0) is 4.84 Å². The lowest BCUT2D eigenvalue weighted by molar-refractivity contribution is 0.0168. The highest BCUT2D eigenvalue weighted by Gasteiger charge is 2.24. The predicted molar refractivity (Wildman–Crippen MR) is 86.8 cm³/mol. The molecule has 1 aromatic carbocycles. The van der Waals surface area contributed by atoms with E-state index in [1.807, 2.05) is 5.48 Å². The molecular weight excluding hydrogens is 407 g/mol. The Bertz CT molecular complexity index is 805. The van der Waals surface area contributed by atoms with Crippen molar-refractivity contribution in [3.8, 4) is 0 Å². The van der Waals surface area contributed by atoms with Crippen molar-refractivity contribution in [3.63, 3.8) is 0 Å². The molecule has 0 spiro atoms. The summed E-state index contributed by atoms with van der Waals surface area (Å²) in [5.74, 6) is -5.79. The van der Waals surface area contributed by atoms with E-state index in [0.717, 1.165) is 5.56 Å². The van der Waals surface area contributed by atoms with E-state index in [-0.39, 0.29) is 19.0 Å². The maximum atomic E-state index is 14.2. The maximum Gasteiger partial charge on any atom is 0.277 e. The topological polar surface area (TPSA) is 83.5 Å². The van der Waals surface area contributed by atoms with Gasteiger partial charge in [-0.2, -0.15) is 0 Å². The Balaban J connectivity index is 2.44. The molecule has 1 amide bonds. The number of carbonyl (C=O) groups excluding carboxylic acids is 1. The number of carbonyl (C=O) groups is 1. The number of nitrogens with zero attached hydrogens (tertiary/aromatic N) is 1. The first-order chi connectivity index (χ1) is 11.8. The van der Waals surface area contributed by atoms with Crippen LogP contribution in [0, 0.1) is 24.4 Å². The molecule has 2 aromatic rings. The third-order valence-corrected chi connectivity index (χ3v) is 3.59. The zero-order chi connectivity index (χ0) is 18.6. The molecule has 0 fully saturated rings. The van der Waals surface area contributed by atoms with Gasteiger partial charge in [0.25, 0.3) is 5.91 Å². The molecule has 2 rings (SSSR count). The van der Waals surface area contributed by atoms with Gasteiger partial charge >= 0.3 is 0 Å². The summed E-state index contributed by atoms with van der Waals surface area (Å²) in [5.41, 5.74) is 1.55. The lowest BCUT2D eigenvalue weighted by Crippen LogP contribution is -2.26. The second kappa shape index (κ2) is 8.28. The molecule has 10 heteroatoms. The summed E-state index contributed by atoms with van der Waals surface area (Å²) in [4.78, 5) is 20.7. The van der Waals surface area contributed by atoms with Gasteiger partial charge in [0.15, 0.2) is 17.5 Å². The van der Waals surface area contributed by atoms with Gasteiger partial charge in [-0.1, -0.05) is 0 Å². The first-order valence-corrected chi connectivity index (χ1v) is 7.74. The molecule has 0 aliphatic carbocycles. The van der Waals surface area contributed by atoms with E-state index >= 15 is 0 Å². The third-order valence-electron chi connectivity index (χ3n) is 2.99. The van der Waals surface area contributed by atoms with Crippen molar-refractivity contribution in [1.82, 2.24) is 10.5 Å². The molecule has 0 aliphatic rings. The van der Waals surface area contributed by atoms with Crippen LogP contribution in [0.5, 0.6) is 0 Å². The standard InChI is InChI=1S/C15H13BrF3N3O3/c1-7-4-9(16)14(20-6-7)21-13-8(15(24)22-25-3-2-23)5-10(17)11(18)12(13)19/h4-6,23H,2-3H2,1H3,(H,20,21)(H,22,24). The van der Waals surface area contributed by atoms with Gasteiger partial charge in [-0.15, -0.1) is 0 Å². The molecule has 1 aromatic heterocycles. The Morgan fingerprint density at radius 3 is 2.68 bits per heavy atom. The van der Waals surface area contributed by atoms with Crippen molar-refractivity contribution in [2.24, 2.45) is 0 Å². The van der Waals surface area contributed by atoms with Crippen molar-refractivity contribution in [2.45, 2.75) is 6.92 Å². The van der Waals surface area contributed by atoms with Crippen molar-refractivity contribution >= 4 is 33.3 Å². The first-order valence-electron chi connectivity index (χ1n) is 6.94. The highest BCUT2D eigenvalue weighted by molar-refractivity contribution is 9.10. The van der Waals surface area contributed by atoms with Crippen molar-refractivity contribution < 1.29 is 27.9 Å². The second-order valence-corrected chi connectivity index (χ2v) is 5.73. The molecule has 6 nitrogen and oxygen atoms in total. The monoisotopic (exact) mass is 419 g/mol. The zero-order valence-corrected chi connectivity index (χ0v) is 14.5. The number of benzene rings is 1. The molecule has 0 unspecified atom stereocenters. The number of hydroxylamine groups is 1. The molecule has 0 radical (unpaired) electrons. The number of halogens is 4. The van der Waals surface area contributed by atoms with E-state index in [9.17, 15) is 18.0 Å². The number of aryl methyl sites for hydroxylation is 1. The molecule has 134 valence electrons. The average molecular weight is 420 g/mol. The summed E-state index contributed by atoms with van der Waals surface area (Å²) in [7, 11) is 0. The first kappa shape index (κ1) is 19.2. The van der Waals surface area contributed by atoms with Gasteiger partial charge in [-0.3, -0.25) is 9.63 Å². The number of aromatic nitrogens is 1. The number of rotatable bonds is 6. The van der Waals surface area contributed by atoms with Crippen molar-refractivity contribution in [2.75, 3.05) is 18.5 Å². The molecule has 0 bridgehead atoms. The largest absolute Gasteiger partial charge is 0.394 e. The number of anilines is 2. The van der Waals surface area contributed by atoms with Crippen LogP contribution < -0.4 is 10.8 Å². The predicted octanol–water partition coefficient (Wildman–Crippen LogP) is 2.97. The SMILES string of the molecule is Cc1cnc(Nc2c(C(=O)NOCCO)cc(F)c(F)c2F)c(Br)c1. The third kappa shape index (κ3) is 4.47. The maximum absolute atomic E-state index is 14.2. The van der Waals surface area contributed by atoms with Gasteiger partial charge < -0.3 is 10.4 Å². The highest BCUT2D eigenvalue weighted by atomic mass is 79.9. The summed E-state index contributed by atoms with van der Waals surface area (Å²) in [6, 6.07) is 2.19.